The summed E-state index contributed by atoms with van der Waals surface area (Å²) in [7, 11) is -3.84. The van der Waals surface area contributed by atoms with Gasteiger partial charge in [0, 0.05) is 11.8 Å². The second-order valence-electron chi connectivity index (χ2n) is 4.48. The number of ketones is 1. The normalized spacial score (nSPS) is 11.2. The highest BCUT2D eigenvalue weighted by molar-refractivity contribution is 7.92. The molecule has 7 heteroatoms. The first kappa shape index (κ1) is 15.5. The number of anilines is 1. The quantitative estimate of drug-likeness (QED) is 0.692. The number of sulfonamides is 1. The zero-order valence-electron chi connectivity index (χ0n) is 11.4. The maximum absolute atomic E-state index is 12.4. The van der Waals surface area contributed by atoms with Crippen molar-refractivity contribution in [3.05, 3.63) is 52.8 Å². The third kappa shape index (κ3) is 3.40. The van der Waals surface area contributed by atoms with Gasteiger partial charge >= 0.3 is 0 Å². The molecule has 0 spiro atoms. The number of Topliss-reactive ketones (excluding diaryl/α,β-unsaturated/α-hetero) is 1. The largest absolute Gasteiger partial charge is 0.295 e. The molecule has 1 aromatic heterocycles. The molecule has 0 aliphatic heterocycles. The summed E-state index contributed by atoms with van der Waals surface area (Å²) in [5.41, 5.74) is 1.21. The van der Waals surface area contributed by atoms with E-state index in [0.29, 0.717) is 11.1 Å². The van der Waals surface area contributed by atoms with Gasteiger partial charge in [-0.15, -0.1) is 0 Å². The van der Waals surface area contributed by atoms with Gasteiger partial charge in [-0.1, -0.05) is 23.7 Å². The fraction of sp³-hybridized carbons (Fsp3) is 0.143. The maximum atomic E-state index is 12.4. The third-order valence-corrected chi connectivity index (χ3v) is 4.53. The number of carbonyl (C=O) groups is 1. The van der Waals surface area contributed by atoms with Crippen LogP contribution in [0.3, 0.4) is 0 Å². The molecule has 0 amide bonds. The molecule has 1 aromatic carbocycles. The molecule has 2 aromatic rings. The summed E-state index contributed by atoms with van der Waals surface area (Å²) < 4.78 is 27.1. The number of benzene rings is 1. The van der Waals surface area contributed by atoms with Crippen molar-refractivity contribution >= 4 is 33.1 Å². The molecule has 0 aliphatic carbocycles. The van der Waals surface area contributed by atoms with Crippen LogP contribution in [0.15, 0.2) is 41.4 Å². The van der Waals surface area contributed by atoms with Crippen molar-refractivity contribution in [1.29, 1.82) is 0 Å². The molecule has 0 atom stereocenters. The highest BCUT2D eigenvalue weighted by atomic mass is 35.5. The number of aromatic nitrogens is 1. The Bertz CT molecular complexity index is 783. The van der Waals surface area contributed by atoms with Gasteiger partial charge < -0.3 is 0 Å². The van der Waals surface area contributed by atoms with Crippen LogP contribution in [0.1, 0.15) is 22.8 Å². The second-order valence-corrected chi connectivity index (χ2v) is 6.52. The SMILES string of the molecule is CC(=O)c1cccc(S(=O)(=O)Nc2c(C)ccnc2Cl)c1. The number of carbonyl (C=O) groups excluding carboxylic acids is 1. The number of rotatable bonds is 4. The van der Waals surface area contributed by atoms with Crippen molar-refractivity contribution in [3.8, 4) is 0 Å². The molecule has 0 unspecified atom stereocenters. The Balaban J connectivity index is 2.44. The first-order valence-corrected chi connectivity index (χ1v) is 7.92. The van der Waals surface area contributed by atoms with Crippen LogP contribution in [-0.4, -0.2) is 19.2 Å². The molecule has 0 bridgehead atoms. The summed E-state index contributed by atoms with van der Waals surface area (Å²) in [5, 5.41) is 0.0706. The van der Waals surface area contributed by atoms with E-state index < -0.39 is 10.0 Å². The molecular formula is C14H13ClN2O3S. The van der Waals surface area contributed by atoms with E-state index in [-0.39, 0.29) is 21.5 Å². The van der Waals surface area contributed by atoms with Gasteiger partial charge in [-0.2, -0.15) is 0 Å². The first-order valence-electron chi connectivity index (χ1n) is 6.06. The summed E-state index contributed by atoms with van der Waals surface area (Å²) >= 11 is 5.91. The summed E-state index contributed by atoms with van der Waals surface area (Å²) in [5.74, 6) is -0.206. The Morgan fingerprint density at radius 2 is 2.00 bits per heavy atom. The number of pyridine rings is 1. The van der Waals surface area contributed by atoms with E-state index in [0.717, 1.165) is 0 Å². The summed E-state index contributed by atoms with van der Waals surface area (Å²) in [6.45, 7) is 3.10. The molecule has 21 heavy (non-hydrogen) atoms. The average Bonchev–Trinajstić information content (AvgIpc) is 2.43. The molecule has 5 nitrogen and oxygen atoms in total. The minimum Gasteiger partial charge on any atom is -0.295 e. The predicted molar refractivity (Wildman–Crippen MR) is 81.2 cm³/mol. The van der Waals surface area contributed by atoms with Crippen LogP contribution >= 0.6 is 11.6 Å². The number of hydrogen-bond acceptors (Lipinski definition) is 4. The van der Waals surface area contributed by atoms with E-state index in [9.17, 15) is 13.2 Å². The van der Waals surface area contributed by atoms with Crippen LogP contribution in [0.2, 0.25) is 5.15 Å². The lowest BCUT2D eigenvalue weighted by Gasteiger charge is -2.11. The molecule has 0 saturated heterocycles. The Hall–Kier alpha value is -1.92. The lowest BCUT2D eigenvalue weighted by Crippen LogP contribution is -2.15. The minimum atomic E-state index is -3.84. The van der Waals surface area contributed by atoms with Gasteiger partial charge in [0.25, 0.3) is 10.0 Å². The molecule has 0 aliphatic rings. The first-order chi connectivity index (χ1) is 9.81. The standard InChI is InChI=1S/C14H13ClN2O3S/c1-9-6-7-16-14(15)13(9)17-21(19,20)12-5-3-4-11(8-12)10(2)18/h3-8,17H,1-2H3. The van der Waals surface area contributed by atoms with Gasteiger partial charge in [0.1, 0.15) is 0 Å². The Labute approximate surface area is 128 Å². The molecule has 2 rings (SSSR count). The highest BCUT2D eigenvalue weighted by Gasteiger charge is 2.18. The van der Waals surface area contributed by atoms with E-state index >= 15 is 0 Å². The Kier molecular flexibility index (Phi) is 4.29. The monoisotopic (exact) mass is 324 g/mol. The number of halogens is 1. The summed E-state index contributed by atoms with van der Waals surface area (Å²) in [6, 6.07) is 7.46. The Morgan fingerprint density at radius 3 is 2.62 bits per heavy atom. The van der Waals surface area contributed by atoms with Crippen molar-refractivity contribution in [2.24, 2.45) is 0 Å². The number of aryl methyl sites for hydroxylation is 1. The van der Waals surface area contributed by atoms with Crippen LogP contribution in [0, 0.1) is 6.92 Å². The fourth-order valence-electron chi connectivity index (χ4n) is 1.72. The Morgan fingerprint density at radius 1 is 1.29 bits per heavy atom. The van der Waals surface area contributed by atoms with Gasteiger partial charge in [0.15, 0.2) is 10.9 Å². The van der Waals surface area contributed by atoms with Crippen LogP contribution in [0.5, 0.6) is 0 Å². The van der Waals surface area contributed by atoms with E-state index in [4.69, 9.17) is 11.6 Å². The lowest BCUT2D eigenvalue weighted by molar-refractivity contribution is 0.101. The van der Waals surface area contributed by atoms with Gasteiger partial charge in [0.2, 0.25) is 0 Å². The van der Waals surface area contributed by atoms with Crippen molar-refractivity contribution in [2.75, 3.05) is 4.72 Å². The number of hydrogen-bond donors (Lipinski definition) is 1. The van der Waals surface area contributed by atoms with Crippen LogP contribution < -0.4 is 4.72 Å². The molecule has 0 radical (unpaired) electrons. The van der Waals surface area contributed by atoms with E-state index in [1.54, 1.807) is 19.1 Å². The van der Waals surface area contributed by atoms with Crippen LogP contribution in [0.25, 0.3) is 0 Å². The van der Waals surface area contributed by atoms with E-state index in [1.165, 1.54) is 31.3 Å². The van der Waals surface area contributed by atoms with Crippen LogP contribution in [0.4, 0.5) is 5.69 Å². The topological polar surface area (TPSA) is 76.1 Å². The number of nitrogens with zero attached hydrogens (tertiary/aromatic N) is 1. The van der Waals surface area contributed by atoms with Crippen molar-refractivity contribution in [1.82, 2.24) is 4.98 Å². The van der Waals surface area contributed by atoms with Crippen molar-refractivity contribution in [3.63, 3.8) is 0 Å². The maximum Gasteiger partial charge on any atom is 0.262 e. The minimum absolute atomic E-state index is 0.00507. The van der Waals surface area contributed by atoms with Crippen molar-refractivity contribution in [2.45, 2.75) is 18.7 Å². The fourth-order valence-corrected chi connectivity index (χ4v) is 3.22. The molecule has 1 N–H and O–H groups in total. The molecule has 1 heterocycles. The van der Waals surface area contributed by atoms with Crippen LogP contribution in [-0.2, 0) is 10.0 Å². The molecule has 0 saturated carbocycles. The predicted octanol–water partition coefficient (Wildman–Crippen LogP) is 3.05. The third-order valence-electron chi connectivity index (χ3n) is 2.90. The zero-order chi connectivity index (χ0) is 15.6. The average molecular weight is 325 g/mol. The van der Waals surface area contributed by atoms with Gasteiger partial charge in [-0.05, 0) is 37.6 Å². The molecule has 110 valence electrons. The summed E-state index contributed by atoms with van der Waals surface area (Å²) in [6.07, 6.45) is 1.49. The smallest absolute Gasteiger partial charge is 0.262 e. The molecular weight excluding hydrogens is 312 g/mol. The van der Waals surface area contributed by atoms with Gasteiger partial charge in [-0.25, -0.2) is 13.4 Å². The molecule has 0 fully saturated rings. The lowest BCUT2D eigenvalue weighted by atomic mass is 10.2. The highest BCUT2D eigenvalue weighted by Crippen LogP contribution is 2.26. The second kappa shape index (κ2) is 5.83. The zero-order valence-corrected chi connectivity index (χ0v) is 13.0. The van der Waals surface area contributed by atoms with Gasteiger partial charge in [-0.3, -0.25) is 9.52 Å². The summed E-state index contributed by atoms with van der Waals surface area (Å²) in [4.78, 5) is 15.2. The van der Waals surface area contributed by atoms with Crippen molar-refractivity contribution < 1.29 is 13.2 Å². The van der Waals surface area contributed by atoms with E-state index in [2.05, 4.69) is 9.71 Å². The van der Waals surface area contributed by atoms with Gasteiger partial charge in [0.05, 0.1) is 10.6 Å². The van der Waals surface area contributed by atoms with E-state index in [1.807, 2.05) is 0 Å². The number of nitrogens with one attached hydrogen (secondary N) is 1.